The van der Waals surface area contributed by atoms with Gasteiger partial charge in [-0.15, -0.1) is 0 Å². The van der Waals surface area contributed by atoms with Crippen molar-refractivity contribution < 1.29 is 24.6 Å². The van der Waals surface area contributed by atoms with Gasteiger partial charge in [0.05, 0.1) is 23.3 Å². The number of hydrogen-bond donors (Lipinski definition) is 4. The van der Waals surface area contributed by atoms with E-state index in [-0.39, 0.29) is 12.3 Å². The number of amides is 2. The van der Waals surface area contributed by atoms with Crippen molar-refractivity contribution in [1.29, 1.82) is 0 Å². The molecule has 0 spiro atoms. The number of phenolic OH excluding ortho intramolecular Hbond substituents is 1. The quantitative estimate of drug-likeness (QED) is 0.462. The fourth-order valence-electron chi connectivity index (χ4n) is 3.99. The molecule has 1 aliphatic carbocycles. The number of hydrogen-bond acceptors (Lipinski definition) is 5. The van der Waals surface area contributed by atoms with E-state index in [1.54, 1.807) is 12.1 Å². The zero-order chi connectivity index (χ0) is 23.4. The molecule has 0 bridgehead atoms. The molecule has 1 aliphatic rings. The normalized spacial score (nSPS) is 14.0. The summed E-state index contributed by atoms with van der Waals surface area (Å²) in [7, 11) is 0. The van der Waals surface area contributed by atoms with Crippen LogP contribution in [0, 0.1) is 0 Å². The molecule has 3 aromatic rings. The second kappa shape index (κ2) is 9.52. The number of benzene rings is 2. The number of rotatable bonds is 6. The average molecular weight is 445 g/mol. The highest BCUT2D eigenvalue weighted by Gasteiger charge is 2.25. The monoisotopic (exact) mass is 445 g/mol. The lowest BCUT2D eigenvalue weighted by Gasteiger charge is -2.23. The third-order valence-electron chi connectivity index (χ3n) is 5.48. The van der Waals surface area contributed by atoms with E-state index in [1.165, 1.54) is 0 Å². The summed E-state index contributed by atoms with van der Waals surface area (Å²) >= 11 is 0. The third-order valence-corrected chi connectivity index (χ3v) is 5.48. The van der Waals surface area contributed by atoms with Crippen LogP contribution in [0.4, 0.5) is 0 Å². The number of carboxylic acid groups (broad SMARTS) is 1. The summed E-state index contributed by atoms with van der Waals surface area (Å²) in [5.74, 6) is -1.94. The minimum absolute atomic E-state index is 0.191. The number of phenols is 1. The molecule has 1 aromatic heterocycles. The molecule has 0 unspecified atom stereocenters. The van der Waals surface area contributed by atoms with Crippen molar-refractivity contribution in [2.24, 2.45) is 0 Å². The van der Waals surface area contributed by atoms with E-state index in [1.807, 2.05) is 42.5 Å². The number of carbonyl (C=O) groups is 3. The molecule has 0 saturated carbocycles. The Morgan fingerprint density at radius 3 is 2.48 bits per heavy atom. The Balaban J connectivity index is 1.71. The molecule has 2 aromatic carbocycles. The Morgan fingerprint density at radius 2 is 1.73 bits per heavy atom. The maximum atomic E-state index is 13.2. The molecule has 0 fully saturated rings. The molecule has 8 heteroatoms. The number of aromatic nitrogens is 1. The summed E-state index contributed by atoms with van der Waals surface area (Å²) in [6.45, 7) is -0.832. The van der Waals surface area contributed by atoms with Crippen LogP contribution in [0.25, 0.3) is 22.6 Å². The van der Waals surface area contributed by atoms with Gasteiger partial charge >= 0.3 is 5.97 Å². The molecule has 2 amide bonds. The zero-order valence-corrected chi connectivity index (χ0v) is 17.8. The number of aliphatic carboxylic acids is 1. The number of nitrogens with one attached hydrogen (secondary N) is 2. The van der Waals surface area contributed by atoms with Crippen LogP contribution in [0.3, 0.4) is 0 Å². The van der Waals surface area contributed by atoms with Gasteiger partial charge in [-0.25, -0.2) is 4.98 Å². The number of pyridine rings is 1. The Hall–Kier alpha value is -4.20. The van der Waals surface area contributed by atoms with Crippen LogP contribution in [-0.2, 0) is 16.0 Å². The Morgan fingerprint density at radius 1 is 0.970 bits per heavy atom. The highest BCUT2D eigenvalue weighted by Crippen LogP contribution is 2.36. The van der Waals surface area contributed by atoms with Gasteiger partial charge in [0.15, 0.2) is 0 Å². The smallest absolute Gasteiger partial charge is 0.322 e. The van der Waals surface area contributed by atoms with Crippen molar-refractivity contribution in [1.82, 2.24) is 15.6 Å². The number of nitrogens with zero attached hydrogens (tertiary/aromatic N) is 1. The van der Waals surface area contributed by atoms with Gasteiger partial charge in [-0.1, -0.05) is 30.3 Å². The molecule has 0 radical (unpaired) electrons. The standard InChI is InChI=1S/C25H23N3O5/c29-17-10-8-15(9-11-17)12-16-4-3-6-19-23(18-5-1-2-7-20(18)28-24(16)19)25(33)27-13-21(30)26-14-22(31)32/h1-2,5,7-12,29H,3-4,6,13-14H2,(H,26,30)(H,27,33)(H,31,32). The predicted octanol–water partition coefficient (Wildman–Crippen LogP) is 2.75. The van der Waals surface area contributed by atoms with E-state index >= 15 is 0 Å². The molecule has 0 atom stereocenters. The largest absolute Gasteiger partial charge is 0.508 e. The third kappa shape index (κ3) is 5.01. The Kier molecular flexibility index (Phi) is 6.35. The highest BCUT2D eigenvalue weighted by molar-refractivity contribution is 6.09. The molecule has 4 rings (SSSR count). The molecular formula is C25H23N3O5. The molecular weight excluding hydrogens is 422 g/mol. The predicted molar refractivity (Wildman–Crippen MR) is 124 cm³/mol. The number of carbonyl (C=O) groups excluding carboxylic acids is 2. The summed E-state index contributed by atoms with van der Waals surface area (Å²) in [6.07, 6.45) is 4.34. The summed E-state index contributed by atoms with van der Waals surface area (Å²) in [4.78, 5) is 40.6. The SMILES string of the molecule is O=C(O)CNC(=O)CNC(=O)c1c2c(nc3ccccc13)C(=Cc1ccc(O)cc1)CCC2. The van der Waals surface area contributed by atoms with Crippen molar-refractivity contribution in [3.05, 3.63) is 70.9 Å². The zero-order valence-electron chi connectivity index (χ0n) is 17.8. The maximum Gasteiger partial charge on any atom is 0.322 e. The minimum atomic E-state index is -1.16. The maximum absolute atomic E-state index is 13.2. The number of carboxylic acids is 1. The fourth-order valence-corrected chi connectivity index (χ4v) is 3.99. The van der Waals surface area contributed by atoms with Gasteiger partial charge in [-0.05, 0) is 60.2 Å². The minimum Gasteiger partial charge on any atom is -0.508 e. The second-order valence-corrected chi connectivity index (χ2v) is 7.80. The van der Waals surface area contributed by atoms with Crippen molar-refractivity contribution in [3.63, 3.8) is 0 Å². The van der Waals surface area contributed by atoms with Crippen LogP contribution in [0.2, 0.25) is 0 Å². The summed E-state index contributed by atoms with van der Waals surface area (Å²) in [6, 6.07) is 14.3. The molecule has 33 heavy (non-hydrogen) atoms. The van der Waals surface area contributed by atoms with E-state index in [9.17, 15) is 19.5 Å². The van der Waals surface area contributed by atoms with Crippen LogP contribution < -0.4 is 10.6 Å². The molecule has 4 N–H and O–H groups in total. The lowest BCUT2D eigenvalue weighted by atomic mass is 9.85. The first-order chi connectivity index (χ1) is 15.9. The van der Waals surface area contributed by atoms with Gasteiger partial charge in [0.1, 0.15) is 12.3 Å². The van der Waals surface area contributed by atoms with Gasteiger partial charge in [-0.3, -0.25) is 14.4 Å². The van der Waals surface area contributed by atoms with E-state index < -0.39 is 24.3 Å². The number of fused-ring (bicyclic) bond motifs is 2. The lowest BCUT2D eigenvalue weighted by molar-refractivity contribution is -0.137. The van der Waals surface area contributed by atoms with Gasteiger partial charge in [-0.2, -0.15) is 0 Å². The topological polar surface area (TPSA) is 129 Å². The van der Waals surface area contributed by atoms with Crippen molar-refractivity contribution in [2.45, 2.75) is 19.3 Å². The van der Waals surface area contributed by atoms with Crippen molar-refractivity contribution >= 4 is 40.3 Å². The van der Waals surface area contributed by atoms with Gasteiger partial charge in [0, 0.05) is 5.39 Å². The fraction of sp³-hybridized carbons (Fsp3) is 0.200. The first kappa shape index (κ1) is 22.0. The summed E-state index contributed by atoms with van der Waals surface area (Å²) in [5, 5.41) is 23.8. The first-order valence-electron chi connectivity index (χ1n) is 10.6. The van der Waals surface area contributed by atoms with Crippen LogP contribution in [0.15, 0.2) is 48.5 Å². The van der Waals surface area contributed by atoms with Gasteiger partial charge < -0.3 is 20.8 Å². The molecule has 8 nitrogen and oxygen atoms in total. The molecule has 1 heterocycles. The van der Waals surface area contributed by atoms with Gasteiger partial charge in [0.2, 0.25) is 5.91 Å². The van der Waals surface area contributed by atoms with Crippen molar-refractivity contribution in [3.8, 4) is 5.75 Å². The van der Waals surface area contributed by atoms with Crippen LogP contribution >= 0.6 is 0 Å². The van der Waals surface area contributed by atoms with Crippen LogP contribution in [-0.4, -0.2) is 46.1 Å². The molecule has 0 saturated heterocycles. The van der Waals surface area contributed by atoms with E-state index in [0.717, 1.165) is 35.2 Å². The van der Waals surface area contributed by atoms with E-state index in [4.69, 9.17) is 10.1 Å². The van der Waals surface area contributed by atoms with Crippen LogP contribution in [0.5, 0.6) is 5.75 Å². The molecule has 0 aliphatic heterocycles. The Labute approximate surface area is 190 Å². The van der Waals surface area contributed by atoms with Crippen LogP contribution in [0.1, 0.15) is 40.0 Å². The van der Waals surface area contributed by atoms with Gasteiger partial charge in [0.25, 0.3) is 5.91 Å². The Bertz CT molecular complexity index is 1270. The van der Waals surface area contributed by atoms with E-state index in [0.29, 0.717) is 22.9 Å². The average Bonchev–Trinajstić information content (AvgIpc) is 2.81. The first-order valence-corrected chi connectivity index (χ1v) is 10.6. The van der Waals surface area contributed by atoms with Crippen molar-refractivity contribution in [2.75, 3.05) is 13.1 Å². The second-order valence-electron chi connectivity index (χ2n) is 7.80. The number of para-hydroxylation sites is 1. The number of aromatic hydroxyl groups is 1. The summed E-state index contributed by atoms with van der Waals surface area (Å²) in [5.41, 5.74) is 4.67. The lowest BCUT2D eigenvalue weighted by Crippen LogP contribution is -2.39. The van der Waals surface area contributed by atoms with E-state index in [2.05, 4.69) is 10.6 Å². The number of allylic oxidation sites excluding steroid dienone is 1. The molecule has 168 valence electrons. The summed E-state index contributed by atoms with van der Waals surface area (Å²) < 4.78 is 0. The highest BCUT2D eigenvalue weighted by atomic mass is 16.4.